The smallest absolute Gasteiger partial charge is 0.0945 e. The van der Waals surface area contributed by atoms with Crippen molar-refractivity contribution in [2.45, 2.75) is 19.3 Å². The average Bonchev–Trinajstić information content (AvgIpc) is 1.81. The fourth-order valence-corrected chi connectivity index (χ4v) is 1.85. The van der Waals surface area contributed by atoms with E-state index in [1.54, 1.807) is 0 Å². The third-order valence-corrected chi connectivity index (χ3v) is 2.87. The van der Waals surface area contributed by atoms with E-state index in [2.05, 4.69) is 0 Å². The van der Waals surface area contributed by atoms with Crippen LogP contribution in [0.4, 0.5) is 0 Å². The van der Waals surface area contributed by atoms with E-state index >= 15 is 0 Å². The second-order valence-corrected chi connectivity index (χ2v) is 5.63. The van der Waals surface area contributed by atoms with Crippen LogP contribution in [0.3, 0.4) is 0 Å². The Labute approximate surface area is 77.5 Å². The molecule has 13 heavy (non-hydrogen) atoms. The lowest BCUT2D eigenvalue weighted by Crippen LogP contribution is -2.07. The molecule has 0 fully saturated rings. The highest BCUT2D eigenvalue weighted by Gasteiger charge is 1.98. The van der Waals surface area contributed by atoms with Crippen molar-refractivity contribution in [3.05, 3.63) is 0 Å². The van der Waals surface area contributed by atoms with Crippen molar-refractivity contribution in [1.29, 1.82) is 0 Å². The van der Waals surface area contributed by atoms with E-state index in [9.17, 15) is 25.9 Å². The van der Waals surface area contributed by atoms with Gasteiger partial charge in [-0.1, -0.05) is 6.42 Å². The van der Waals surface area contributed by atoms with Crippen LogP contribution in [-0.4, -0.2) is 37.4 Å². The first-order valence-corrected chi connectivity index (χ1v) is 6.73. The fourth-order valence-electron chi connectivity index (χ4n) is 0.734. The maximum atomic E-state index is 10.1. The minimum Gasteiger partial charge on any atom is -0.748 e. The summed E-state index contributed by atoms with van der Waals surface area (Å²) in [6.07, 6.45) is 0.450. The average molecular weight is 230 g/mol. The van der Waals surface area contributed by atoms with Crippen molar-refractivity contribution < 1.29 is 25.9 Å². The van der Waals surface area contributed by atoms with Crippen molar-refractivity contribution in [2.75, 3.05) is 11.5 Å². The Morgan fingerprint density at radius 2 is 1.00 bits per heavy atom. The van der Waals surface area contributed by atoms with Gasteiger partial charge in [-0.2, -0.15) is 0 Å². The zero-order chi connectivity index (χ0) is 10.5. The molecule has 0 rings (SSSR count). The topological polar surface area (TPSA) is 114 Å². The number of rotatable bonds is 6. The van der Waals surface area contributed by atoms with Crippen molar-refractivity contribution in [3.63, 3.8) is 0 Å². The number of hydrogen-bond acceptors (Lipinski definition) is 6. The molecule has 0 aliphatic carbocycles. The summed E-state index contributed by atoms with van der Waals surface area (Å²) in [6.45, 7) is 0. The first kappa shape index (κ1) is 12.8. The molecule has 0 bridgehead atoms. The third-order valence-electron chi connectivity index (χ3n) is 1.29. The van der Waals surface area contributed by atoms with Gasteiger partial charge in [-0.15, -0.1) is 0 Å². The maximum absolute atomic E-state index is 10.1. The molecule has 80 valence electrons. The summed E-state index contributed by atoms with van der Waals surface area (Å²) < 4.78 is 60.3. The van der Waals surface area contributed by atoms with Crippen LogP contribution in [0.5, 0.6) is 0 Å². The SMILES string of the molecule is O=S(=O)([O-])CCCCCS(=O)(=O)[O-]. The van der Waals surface area contributed by atoms with Crippen LogP contribution < -0.4 is 0 Å². The van der Waals surface area contributed by atoms with E-state index in [0.29, 0.717) is 0 Å². The van der Waals surface area contributed by atoms with Crippen molar-refractivity contribution in [2.24, 2.45) is 0 Å². The van der Waals surface area contributed by atoms with Gasteiger partial charge in [-0.25, -0.2) is 16.8 Å². The summed E-state index contributed by atoms with van der Waals surface area (Å²) in [5, 5.41) is 0. The lowest BCUT2D eigenvalue weighted by molar-refractivity contribution is 0.458. The molecule has 0 atom stereocenters. The molecule has 0 N–H and O–H groups in total. The molecule has 0 unspecified atom stereocenters. The highest BCUT2D eigenvalue weighted by atomic mass is 32.2. The van der Waals surface area contributed by atoms with E-state index < -0.39 is 31.7 Å². The minimum atomic E-state index is -4.22. The monoisotopic (exact) mass is 230 g/mol. The Bertz CT molecular complexity index is 292. The molecule has 0 radical (unpaired) electrons. The van der Waals surface area contributed by atoms with Gasteiger partial charge in [0.05, 0.1) is 20.2 Å². The lowest BCUT2D eigenvalue weighted by atomic mass is 10.3. The molecule has 0 aromatic heterocycles. The lowest BCUT2D eigenvalue weighted by Gasteiger charge is -2.07. The highest BCUT2D eigenvalue weighted by molar-refractivity contribution is 7.85. The van der Waals surface area contributed by atoms with Gasteiger partial charge in [0.2, 0.25) is 0 Å². The Hall–Kier alpha value is -0.180. The molecule has 0 heterocycles. The molecular weight excluding hydrogens is 220 g/mol. The van der Waals surface area contributed by atoms with E-state index in [0.717, 1.165) is 0 Å². The van der Waals surface area contributed by atoms with Gasteiger partial charge >= 0.3 is 0 Å². The molecule has 0 spiro atoms. The molecule has 0 aromatic rings. The van der Waals surface area contributed by atoms with E-state index in [1.165, 1.54) is 0 Å². The van der Waals surface area contributed by atoms with Gasteiger partial charge in [-0.3, -0.25) is 0 Å². The van der Waals surface area contributed by atoms with Crippen LogP contribution in [0.25, 0.3) is 0 Å². The molecule has 0 amide bonds. The van der Waals surface area contributed by atoms with Crippen LogP contribution in [0.1, 0.15) is 19.3 Å². The summed E-state index contributed by atoms with van der Waals surface area (Å²) in [4.78, 5) is 0. The van der Waals surface area contributed by atoms with E-state index in [-0.39, 0.29) is 19.3 Å². The Morgan fingerprint density at radius 3 is 1.23 bits per heavy atom. The molecule has 6 nitrogen and oxygen atoms in total. The van der Waals surface area contributed by atoms with Gasteiger partial charge < -0.3 is 9.11 Å². The molecule has 0 aromatic carbocycles. The first-order chi connectivity index (χ1) is 5.71. The quantitative estimate of drug-likeness (QED) is 0.438. The molecule has 0 saturated carbocycles. The minimum absolute atomic E-state index is 0.0986. The standard InChI is InChI=1S/C5H12O6S2/c6-12(7,8)4-2-1-3-5-13(9,10)11/h1-5H2,(H,6,7,8)(H,9,10,11)/p-2. The number of hydrogen-bond donors (Lipinski definition) is 0. The van der Waals surface area contributed by atoms with Crippen LogP contribution in [0.2, 0.25) is 0 Å². The Morgan fingerprint density at radius 1 is 0.692 bits per heavy atom. The van der Waals surface area contributed by atoms with E-state index in [1.807, 2.05) is 0 Å². The molecule has 0 aliphatic heterocycles. The van der Waals surface area contributed by atoms with Crippen LogP contribution in [0, 0.1) is 0 Å². The summed E-state index contributed by atoms with van der Waals surface area (Å²) in [6, 6.07) is 0. The fraction of sp³-hybridized carbons (Fsp3) is 1.00. The molecular formula is C5H10O6S2-2. The first-order valence-electron chi connectivity index (χ1n) is 3.58. The Balaban J connectivity index is 3.50. The summed E-state index contributed by atoms with van der Waals surface area (Å²) in [5.74, 6) is -1.02. The van der Waals surface area contributed by atoms with E-state index in [4.69, 9.17) is 0 Å². The summed E-state index contributed by atoms with van der Waals surface area (Å²) in [5.41, 5.74) is 0. The normalized spacial score (nSPS) is 13.1. The summed E-state index contributed by atoms with van der Waals surface area (Å²) in [7, 11) is -8.44. The van der Waals surface area contributed by atoms with Crippen LogP contribution in [-0.2, 0) is 20.2 Å². The van der Waals surface area contributed by atoms with Crippen molar-refractivity contribution in [1.82, 2.24) is 0 Å². The van der Waals surface area contributed by atoms with Crippen LogP contribution >= 0.6 is 0 Å². The van der Waals surface area contributed by atoms with Gasteiger partial charge in [0, 0.05) is 11.5 Å². The maximum Gasteiger partial charge on any atom is 0.0945 e. The molecule has 0 saturated heterocycles. The second-order valence-electron chi connectivity index (χ2n) is 2.58. The number of unbranched alkanes of at least 4 members (excludes halogenated alkanes) is 2. The predicted octanol–water partition coefficient (Wildman–Crippen LogP) is -0.753. The van der Waals surface area contributed by atoms with Gasteiger partial charge in [0.15, 0.2) is 0 Å². The largest absolute Gasteiger partial charge is 0.748 e. The Kier molecular flexibility index (Phi) is 4.82. The van der Waals surface area contributed by atoms with Gasteiger partial charge in [0.1, 0.15) is 0 Å². The second kappa shape index (κ2) is 4.89. The highest BCUT2D eigenvalue weighted by Crippen LogP contribution is 2.00. The molecule has 0 aliphatic rings. The molecule has 8 heteroatoms. The van der Waals surface area contributed by atoms with Crippen molar-refractivity contribution in [3.8, 4) is 0 Å². The van der Waals surface area contributed by atoms with Gasteiger partial charge in [0.25, 0.3) is 0 Å². The summed E-state index contributed by atoms with van der Waals surface area (Å²) >= 11 is 0. The van der Waals surface area contributed by atoms with Crippen molar-refractivity contribution >= 4 is 20.2 Å². The van der Waals surface area contributed by atoms with Crippen LogP contribution in [0.15, 0.2) is 0 Å². The third kappa shape index (κ3) is 11.8. The predicted molar refractivity (Wildman–Crippen MR) is 43.0 cm³/mol. The zero-order valence-electron chi connectivity index (χ0n) is 6.80. The zero-order valence-corrected chi connectivity index (χ0v) is 8.43. The van der Waals surface area contributed by atoms with Gasteiger partial charge in [-0.05, 0) is 12.8 Å².